The molecule has 33 heavy (non-hydrogen) atoms. The van der Waals surface area contributed by atoms with Gasteiger partial charge in [0.25, 0.3) is 10.0 Å². The molecule has 2 N–H and O–H groups in total. The summed E-state index contributed by atoms with van der Waals surface area (Å²) < 4.78 is 37.5. The zero-order valence-electron chi connectivity index (χ0n) is 17.3. The van der Waals surface area contributed by atoms with Crippen LogP contribution in [0.25, 0.3) is 11.0 Å². The number of nitrogens with zero attached hydrogens (tertiary/aromatic N) is 2. The number of rotatable bonds is 7. The van der Waals surface area contributed by atoms with Crippen molar-refractivity contribution < 1.29 is 22.4 Å². The van der Waals surface area contributed by atoms with Crippen LogP contribution in [0.5, 0.6) is 5.75 Å². The SMILES string of the molecule is COc1ccc2c(CC(=O)Nc3ccc(S(=O)(=O)Nc4ncccn4)cc3)cc(=O)oc2c1. The van der Waals surface area contributed by atoms with Gasteiger partial charge in [0.15, 0.2) is 0 Å². The van der Waals surface area contributed by atoms with Crippen molar-refractivity contribution in [3.8, 4) is 5.75 Å². The number of carbonyl (C=O) groups is 1. The minimum Gasteiger partial charge on any atom is -0.497 e. The van der Waals surface area contributed by atoms with Gasteiger partial charge in [-0.1, -0.05) is 0 Å². The molecule has 0 bridgehead atoms. The molecule has 10 nitrogen and oxygen atoms in total. The number of hydrogen-bond acceptors (Lipinski definition) is 8. The van der Waals surface area contributed by atoms with E-state index < -0.39 is 15.6 Å². The maximum absolute atomic E-state index is 12.6. The Hall–Kier alpha value is -4.25. The molecule has 0 unspecified atom stereocenters. The number of benzene rings is 2. The Kier molecular flexibility index (Phi) is 6.05. The average molecular weight is 466 g/mol. The van der Waals surface area contributed by atoms with Crippen LogP contribution in [0.3, 0.4) is 0 Å². The molecule has 0 saturated heterocycles. The molecular formula is C22H18N4O6S. The number of hydrogen-bond donors (Lipinski definition) is 2. The molecule has 2 aromatic heterocycles. The van der Waals surface area contributed by atoms with Gasteiger partial charge in [0, 0.05) is 35.6 Å². The monoisotopic (exact) mass is 466 g/mol. The standard InChI is InChI=1S/C22H18N4O6S/c1-31-16-5-8-18-14(12-21(28)32-19(18)13-16)11-20(27)25-15-3-6-17(7-4-15)33(29,30)26-22-23-9-2-10-24-22/h2-10,12-13H,11H2,1H3,(H,25,27)(H,23,24,26). The first-order valence-electron chi connectivity index (χ1n) is 9.64. The van der Waals surface area contributed by atoms with E-state index in [1.165, 1.54) is 49.8 Å². The number of amides is 1. The molecule has 0 spiro atoms. The fourth-order valence-corrected chi connectivity index (χ4v) is 4.07. The van der Waals surface area contributed by atoms with Gasteiger partial charge in [0.05, 0.1) is 18.4 Å². The minimum absolute atomic E-state index is 0.0199. The molecular weight excluding hydrogens is 448 g/mol. The summed E-state index contributed by atoms with van der Waals surface area (Å²) in [6.45, 7) is 0. The summed E-state index contributed by atoms with van der Waals surface area (Å²) in [6, 6.07) is 13.4. The van der Waals surface area contributed by atoms with Gasteiger partial charge in [0.1, 0.15) is 11.3 Å². The molecule has 0 fully saturated rings. The Morgan fingerprint density at radius 3 is 2.48 bits per heavy atom. The number of nitrogens with one attached hydrogen (secondary N) is 2. The minimum atomic E-state index is -3.89. The molecule has 11 heteroatoms. The summed E-state index contributed by atoms with van der Waals surface area (Å²) in [6.07, 6.45) is 2.75. The summed E-state index contributed by atoms with van der Waals surface area (Å²) in [5.41, 5.74) is 0.619. The van der Waals surface area contributed by atoms with Crippen molar-refractivity contribution in [3.05, 3.63) is 83.0 Å². The number of carbonyl (C=O) groups excluding carboxylic acids is 1. The van der Waals surface area contributed by atoms with Crippen molar-refractivity contribution in [3.63, 3.8) is 0 Å². The zero-order chi connectivity index (χ0) is 23.4. The van der Waals surface area contributed by atoms with E-state index in [9.17, 15) is 18.0 Å². The molecule has 0 saturated carbocycles. The average Bonchev–Trinajstić information content (AvgIpc) is 2.79. The van der Waals surface area contributed by atoms with E-state index in [-0.39, 0.29) is 23.2 Å². The normalized spacial score (nSPS) is 11.2. The van der Waals surface area contributed by atoms with Gasteiger partial charge in [0.2, 0.25) is 11.9 Å². The third kappa shape index (κ3) is 5.15. The highest BCUT2D eigenvalue weighted by atomic mass is 32.2. The molecule has 4 rings (SSSR count). The van der Waals surface area contributed by atoms with E-state index in [1.807, 2.05) is 0 Å². The predicted molar refractivity (Wildman–Crippen MR) is 121 cm³/mol. The fourth-order valence-electron chi connectivity index (χ4n) is 3.11. The molecule has 1 amide bonds. The van der Waals surface area contributed by atoms with Crippen LogP contribution in [0.4, 0.5) is 11.6 Å². The highest BCUT2D eigenvalue weighted by molar-refractivity contribution is 7.92. The Morgan fingerprint density at radius 2 is 1.79 bits per heavy atom. The van der Waals surface area contributed by atoms with Gasteiger partial charge in [-0.2, -0.15) is 0 Å². The first-order chi connectivity index (χ1) is 15.8. The van der Waals surface area contributed by atoms with E-state index in [0.717, 1.165) is 0 Å². The molecule has 0 atom stereocenters. The smallest absolute Gasteiger partial charge is 0.336 e. The quantitative estimate of drug-likeness (QED) is 0.396. The third-order valence-corrected chi connectivity index (χ3v) is 5.97. The van der Waals surface area contributed by atoms with Gasteiger partial charge in [-0.25, -0.2) is 27.9 Å². The number of aromatic nitrogens is 2. The van der Waals surface area contributed by atoms with Crippen molar-refractivity contribution >= 4 is 38.5 Å². The number of ether oxygens (including phenoxy) is 1. The predicted octanol–water partition coefficient (Wildman–Crippen LogP) is 2.57. The number of anilines is 2. The van der Waals surface area contributed by atoms with Crippen LogP contribution >= 0.6 is 0 Å². The van der Waals surface area contributed by atoms with E-state index in [0.29, 0.717) is 28.0 Å². The van der Waals surface area contributed by atoms with Crippen LogP contribution in [0.15, 0.2) is 81.1 Å². The van der Waals surface area contributed by atoms with Crippen LogP contribution in [-0.2, 0) is 21.2 Å². The number of fused-ring (bicyclic) bond motifs is 1. The lowest BCUT2D eigenvalue weighted by Gasteiger charge is -2.09. The van der Waals surface area contributed by atoms with Crippen LogP contribution in [0.1, 0.15) is 5.56 Å². The summed E-state index contributed by atoms with van der Waals surface area (Å²) in [5, 5.41) is 3.30. The Balaban J connectivity index is 1.48. The van der Waals surface area contributed by atoms with Crippen molar-refractivity contribution in [1.82, 2.24) is 9.97 Å². The second-order valence-electron chi connectivity index (χ2n) is 6.88. The number of methoxy groups -OCH3 is 1. The molecule has 2 heterocycles. The largest absolute Gasteiger partial charge is 0.497 e. The Bertz CT molecular complexity index is 1470. The molecule has 4 aromatic rings. The van der Waals surface area contributed by atoms with E-state index >= 15 is 0 Å². The molecule has 0 radical (unpaired) electrons. The second-order valence-corrected chi connectivity index (χ2v) is 8.56. The molecule has 0 aliphatic carbocycles. The second kappa shape index (κ2) is 9.09. The molecule has 0 aliphatic rings. The summed E-state index contributed by atoms with van der Waals surface area (Å²) in [7, 11) is -2.39. The topological polar surface area (TPSA) is 140 Å². The zero-order valence-corrected chi connectivity index (χ0v) is 18.1. The lowest BCUT2D eigenvalue weighted by atomic mass is 10.1. The number of sulfonamides is 1. The van der Waals surface area contributed by atoms with E-state index in [2.05, 4.69) is 20.0 Å². The third-order valence-electron chi connectivity index (χ3n) is 4.63. The van der Waals surface area contributed by atoms with E-state index in [1.54, 1.807) is 24.3 Å². The Morgan fingerprint density at radius 1 is 1.06 bits per heavy atom. The molecule has 0 aliphatic heterocycles. The fraction of sp³-hybridized carbons (Fsp3) is 0.0909. The van der Waals surface area contributed by atoms with Crippen LogP contribution in [-0.4, -0.2) is 31.4 Å². The van der Waals surface area contributed by atoms with Crippen LogP contribution in [0, 0.1) is 0 Å². The maximum atomic E-state index is 12.6. The highest BCUT2D eigenvalue weighted by Crippen LogP contribution is 2.23. The van der Waals surface area contributed by atoms with Crippen molar-refractivity contribution in [1.29, 1.82) is 0 Å². The molecule has 2 aromatic carbocycles. The summed E-state index contributed by atoms with van der Waals surface area (Å²) in [5.74, 6) is 0.0896. The first kappa shape index (κ1) is 22.0. The molecule has 168 valence electrons. The van der Waals surface area contributed by atoms with Crippen molar-refractivity contribution in [2.45, 2.75) is 11.3 Å². The summed E-state index contributed by atoms with van der Waals surface area (Å²) in [4.78, 5) is 32.1. The van der Waals surface area contributed by atoms with Crippen molar-refractivity contribution in [2.75, 3.05) is 17.1 Å². The highest BCUT2D eigenvalue weighted by Gasteiger charge is 2.16. The summed E-state index contributed by atoms with van der Waals surface area (Å²) >= 11 is 0. The van der Waals surface area contributed by atoms with Gasteiger partial charge < -0.3 is 14.5 Å². The van der Waals surface area contributed by atoms with Gasteiger partial charge in [-0.05, 0) is 48.0 Å². The van der Waals surface area contributed by atoms with Gasteiger partial charge in [-0.3, -0.25) is 4.79 Å². The Labute approximate surface area is 188 Å². The lowest BCUT2D eigenvalue weighted by molar-refractivity contribution is -0.115. The van der Waals surface area contributed by atoms with Crippen LogP contribution in [0.2, 0.25) is 0 Å². The van der Waals surface area contributed by atoms with Gasteiger partial charge >= 0.3 is 5.63 Å². The maximum Gasteiger partial charge on any atom is 0.336 e. The van der Waals surface area contributed by atoms with Crippen molar-refractivity contribution in [2.24, 2.45) is 0 Å². The van der Waals surface area contributed by atoms with E-state index in [4.69, 9.17) is 9.15 Å². The van der Waals surface area contributed by atoms with Gasteiger partial charge in [-0.15, -0.1) is 0 Å². The first-order valence-corrected chi connectivity index (χ1v) is 11.1. The lowest BCUT2D eigenvalue weighted by Crippen LogP contribution is -2.17. The van der Waals surface area contributed by atoms with Crippen LogP contribution < -0.4 is 20.4 Å².